The lowest BCUT2D eigenvalue weighted by molar-refractivity contribution is -0.385. The van der Waals surface area contributed by atoms with Crippen LogP contribution in [0.15, 0.2) is 59.7 Å². The molecule has 0 radical (unpaired) electrons. The third-order valence-corrected chi connectivity index (χ3v) is 3.37. The van der Waals surface area contributed by atoms with Crippen LogP contribution in [0, 0.1) is 10.1 Å². The number of nitrogens with zero attached hydrogens (tertiary/aromatic N) is 1. The lowest BCUT2D eigenvalue weighted by atomic mass is 10.2. The monoisotopic (exact) mass is 305 g/mol. The summed E-state index contributed by atoms with van der Waals surface area (Å²) in [6, 6.07) is 6.66. The molecule has 0 spiro atoms. The Morgan fingerprint density at radius 2 is 1.78 bits per heavy atom. The maximum absolute atomic E-state index is 10.4. The van der Waals surface area contributed by atoms with Gasteiger partial charge in [0.15, 0.2) is 0 Å². The van der Waals surface area contributed by atoms with Crippen molar-refractivity contribution in [1.82, 2.24) is 0 Å². The van der Waals surface area contributed by atoms with E-state index in [1.165, 1.54) is 23.6 Å². The van der Waals surface area contributed by atoms with Gasteiger partial charge in [0, 0.05) is 17.0 Å². The highest BCUT2D eigenvalue weighted by Crippen LogP contribution is 2.27. The highest BCUT2D eigenvalue weighted by Gasteiger charge is 2.09. The van der Waals surface area contributed by atoms with Crippen LogP contribution < -0.4 is 0 Å². The van der Waals surface area contributed by atoms with Crippen LogP contribution >= 0.6 is 15.9 Å². The molecule has 0 saturated heterocycles. The molecule has 92 valence electrons. The number of alkyl halides is 1. The summed E-state index contributed by atoms with van der Waals surface area (Å²) in [4.78, 5) is 9.99. The molecule has 0 amide bonds. The molecule has 2 aliphatic rings. The fourth-order valence-corrected chi connectivity index (χ4v) is 2.29. The number of fused-ring (bicyclic) bond motifs is 2. The maximum atomic E-state index is 10.4. The lowest BCUT2D eigenvalue weighted by Gasteiger charge is -1.95. The Kier molecular flexibility index (Phi) is 4.10. The molecule has 0 unspecified atom stereocenters. The van der Waals surface area contributed by atoms with Crippen LogP contribution in [-0.2, 0) is 5.33 Å². The second-order valence-corrected chi connectivity index (χ2v) is 4.57. The predicted octanol–water partition coefficient (Wildman–Crippen LogP) is 4.30. The minimum Gasteiger partial charge on any atom is -0.258 e. The molecule has 1 aromatic carbocycles. The highest BCUT2D eigenvalue weighted by atomic mass is 79.9. The second kappa shape index (κ2) is 5.78. The fourth-order valence-electron chi connectivity index (χ4n) is 1.81. The van der Waals surface area contributed by atoms with Gasteiger partial charge in [-0.1, -0.05) is 58.4 Å². The van der Waals surface area contributed by atoms with Gasteiger partial charge in [0.05, 0.1) is 4.92 Å². The fraction of sp³-hybridized carbons (Fsp3) is 0.143. The quantitative estimate of drug-likeness (QED) is 0.464. The molecule has 0 N–H and O–H groups in total. The van der Waals surface area contributed by atoms with Crippen molar-refractivity contribution in [2.24, 2.45) is 0 Å². The first-order valence-electron chi connectivity index (χ1n) is 5.57. The maximum Gasteiger partial charge on any atom is 0.273 e. The molecule has 3 nitrogen and oxygen atoms in total. The summed E-state index contributed by atoms with van der Waals surface area (Å²) >= 11 is 3.17. The van der Waals surface area contributed by atoms with Gasteiger partial charge in [-0.3, -0.25) is 10.1 Å². The average Bonchev–Trinajstić information content (AvgIpc) is 3.04. The third-order valence-electron chi connectivity index (χ3n) is 2.76. The Labute approximate surface area is 114 Å². The van der Waals surface area contributed by atoms with Crippen LogP contribution in [0.4, 0.5) is 5.69 Å². The van der Waals surface area contributed by atoms with E-state index in [1.54, 1.807) is 18.2 Å². The van der Waals surface area contributed by atoms with Gasteiger partial charge in [-0.25, -0.2) is 0 Å². The molecule has 0 atom stereocenters. The molecule has 3 rings (SSSR count). The predicted molar refractivity (Wildman–Crippen MR) is 75.7 cm³/mol. The molecule has 0 saturated carbocycles. The number of nitro benzene ring substituents is 1. The Bertz CT molecular complexity index is 539. The van der Waals surface area contributed by atoms with E-state index in [0.29, 0.717) is 10.9 Å². The van der Waals surface area contributed by atoms with E-state index in [9.17, 15) is 10.1 Å². The number of hydrogen-bond donors (Lipinski definition) is 0. The van der Waals surface area contributed by atoms with Gasteiger partial charge in [-0.2, -0.15) is 0 Å². The number of hydrogen-bond acceptors (Lipinski definition) is 2. The zero-order valence-electron chi connectivity index (χ0n) is 9.67. The second-order valence-electron chi connectivity index (χ2n) is 4.01. The molecule has 0 aromatic heterocycles. The van der Waals surface area contributed by atoms with Crippen molar-refractivity contribution >= 4 is 21.6 Å². The summed E-state index contributed by atoms with van der Waals surface area (Å²) < 4.78 is 0. The summed E-state index contributed by atoms with van der Waals surface area (Å²) in [6.07, 6.45) is 9.90. The van der Waals surface area contributed by atoms with Gasteiger partial charge < -0.3 is 0 Å². The lowest BCUT2D eigenvalue weighted by Crippen LogP contribution is -1.91. The summed E-state index contributed by atoms with van der Waals surface area (Å²) in [7, 11) is 0. The molecule has 2 bridgehead atoms. The first-order chi connectivity index (χ1) is 8.70. The van der Waals surface area contributed by atoms with E-state index < -0.39 is 0 Å². The van der Waals surface area contributed by atoms with Gasteiger partial charge in [0.2, 0.25) is 0 Å². The van der Waals surface area contributed by atoms with Crippen LogP contribution in [0.1, 0.15) is 12.0 Å². The van der Waals surface area contributed by atoms with Crippen molar-refractivity contribution < 1.29 is 4.92 Å². The Balaban J connectivity index is 0.000000146. The molecule has 4 heteroatoms. The van der Waals surface area contributed by atoms with Crippen LogP contribution in [0.25, 0.3) is 0 Å². The van der Waals surface area contributed by atoms with Crippen molar-refractivity contribution in [3.05, 3.63) is 75.4 Å². The summed E-state index contributed by atoms with van der Waals surface area (Å²) in [5, 5.41) is 10.9. The number of allylic oxidation sites excluding steroid dienone is 6. The minimum absolute atomic E-state index is 0.171. The molecule has 0 fully saturated rings. The minimum atomic E-state index is -0.378. The molecule has 0 heterocycles. The molecular weight excluding hydrogens is 294 g/mol. The van der Waals surface area contributed by atoms with Gasteiger partial charge in [-0.15, -0.1) is 0 Å². The van der Waals surface area contributed by atoms with E-state index in [1.807, 2.05) is 0 Å². The van der Waals surface area contributed by atoms with Gasteiger partial charge in [-0.05, 0) is 17.6 Å². The molecule has 1 aromatic rings. The van der Waals surface area contributed by atoms with E-state index in [-0.39, 0.29) is 10.6 Å². The zero-order chi connectivity index (χ0) is 13.0. The van der Waals surface area contributed by atoms with E-state index in [4.69, 9.17) is 0 Å². The topological polar surface area (TPSA) is 43.1 Å². The number of rotatable bonds is 2. The zero-order valence-corrected chi connectivity index (χ0v) is 11.3. The first kappa shape index (κ1) is 12.8. The van der Waals surface area contributed by atoms with Crippen LogP contribution in [0.2, 0.25) is 0 Å². The largest absolute Gasteiger partial charge is 0.273 e. The van der Waals surface area contributed by atoms with Crippen molar-refractivity contribution in [2.75, 3.05) is 0 Å². The smallest absolute Gasteiger partial charge is 0.258 e. The van der Waals surface area contributed by atoms with Crippen molar-refractivity contribution in [2.45, 2.75) is 11.8 Å². The van der Waals surface area contributed by atoms with Crippen molar-refractivity contribution in [3.8, 4) is 0 Å². The molecule has 2 aliphatic carbocycles. The number of halogens is 1. The summed E-state index contributed by atoms with van der Waals surface area (Å²) in [5.41, 5.74) is 3.81. The van der Waals surface area contributed by atoms with E-state index >= 15 is 0 Å². The normalized spacial score (nSPS) is 14.7. The number of benzene rings is 1. The molecular formula is C14H12BrNO2. The SMILES string of the molecule is C1=CC2=CC=C1C2.O=[N+]([O-])c1ccccc1CBr. The summed E-state index contributed by atoms with van der Waals surface area (Å²) in [6.45, 7) is 0. The van der Waals surface area contributed by atoms with Gasteiger partial charge in [0.25, 0.3) is 5.69 Å². The van der Waals surface area contributed by atoms with E-state index in [2.05, 4.69) is 40.2 Å². The molecule has 0 aliphatic heterocycles. The van der Waals surface area contributed by atoms with Crippen LogP contribution in [0.3, 0.4) is 0 Å². The summed E-state index contributed by atoms with van der Waals surface area (Å²) in [5.74, 6) is 0. The van der Waals surface area contributed by atoms with Crippen molar-refractivity contribution in [3.63, 3.8) is 0 Å². The Morgan fingerprint density at radius 1 is 1.17 bits per heavy atom. The third kappa shape index (κ3) is 2.96. The van der Waals surface area contributed by atoms with E-state index in [0.717, 1.165) is 0 Å². The first-order valence-corrected chi connectivity index (χ1v) is 6.69. The highest BCUT2D eigenvalue weighted by molar-refractivity contribution is 9.08. The van der Waals surface area contributed by atoms with Crippen LogP contribution in [-0.4, -0.2) is 4.92 Å². The Morgan fingerprint density at radius 3 is 2.11 bits per heavy atom. The van der Waals surface area contributed by atoms with Crippen molar-refractivity contribution in [1.29, 1.82) is 0 Å². The van der Waals surface area contributed by atoms with Gasteiger partial charge in [0.1, 0.15) is 0 Å². The average molecular weight is 306 g/mol. The number of nitro groups is 1. The van der Waals surface area contributed by atoms with Crippen LogP contribution in [0.5, 0.6) is 0 Å². The Hall–Kier alpha value is -1.68. The molecule has 18 heavy (non-hydrogen) atoms. The number of para-hydroxylation sites is 1. The van der Waals surface area contributed by atoms with Gasteiger partial charge >= 0.3 is 0 Å². The standard InChI is InChI=1S/C7H6BrNO2.C7H6/c8-5-6-3-1-2-4-7(6)9(10)11;1-2-7-4-3-6(1)5-7/h1-4H,5H2;1-4H,5H2.